The minimum Gasteiger partial charge on any atom is -0.396 e. The van der Waals surface area contributed by atoms with Crippen LogP contribution in [0.1, 0.15) is 5.56 Å². The molecule has 0 aliphatic rings. The van der Waals surface area contributed by atoms with Gasteiger partial charge in [0.05, 0.1) is 5.69 Å². The number of halogens is 2. The van der Waals surface area contributed by atoms with E-state index in [2.05, 4.69) is 22.9 Å². The van der Waals surface area contributed by atoms with Crippen molar-refractivity contribution in [1.29, 1.82) is 0 Å². The predicted molar refractivity (Wildman–Crippen MR) is 43.0 cm³/mol. The largest absolute Gasteiger partial charge is 0.396 e. The highest BCUT2D eigenvalue weighted by Gasteiger charge is 2.01. The summed E-state index contributed by atoms with van der Waals surface area (Å²) in [5.41, 5.74) is 5.91. The van der Waals surface area contributed by atoms with Crippen molar-refractivity contribution in [1.82, 2.24) is 0 Å². The molecule has 1 rings (SSSR count). The molecular weight excluding hydrogens is 197 g/mol. The topological polar surface area (TPSA) is 26.0 Å². The van der Waals surface area contributed by atoms with Crippen molar-refractivity contribution in [2.24, 2.45) is 0 Å². The Labute approximate surface area is 67.2 Å². The van der Waals surface area contributed by atoms with E-state index in [9.17, 15) is 4.39 Å². The Hall–Kier alpha value is -0.570. The maximum absolute atomic E-state index is 12.6. The standard InChI is InChI=1S/C7H6BrFN/c1-4-2-5(8)3-6(9)7(4)10/h2-3H,1,10H2. The molecule has 53 valence electrons. The van der Waals surface area contributed by atoms with Gasteiger partial charge in [0, 0.05) is 4.47 Å². The molecule has 3 heteroatoms. The lowest BCUT2D eigenvalue weighted by atomic mass is 10.2. The highest BCUT2D eigenvalue weighted by molar-refractivity contribution is 9.10. The Morgan fingerprint density at radius 1 is 1.50 bits per heavy atom. The second-order valence-corrected chi connectivity index (χ2v) is 2.88. The molecule has 10 heavy (non-hydrogen) atoms. The first-order chi connectivity index (χ1) is 4.61. The van der Waals surface area contributed by atoms with Gasteiger partial charge in [0.25, 0.3) is 0 Å². The molecule has 2 N–H and O–H groups in total. The van der Waals surface area contributed by atoms with Gasteiger partial charge < -0.3 is 5.73 Å². The molecule has 0 saturated carbocycles. The van der Waals surface area contributed by atoms with Crippen LogP contribution in [0.5, 0.6) is 0 Å². The molecule has 0 fully saturated rings. The summed E-state index contributed by atoms with van der Waals surface area (Å²) in [6, 6.07) is 2.97. The van der Waals surface area contributed by atoms with E-state index in [4.69, 9.17) is 5.73 Å². The minimum atomic E-state index is -0.431. The van der Waals surface area contributed by atoms with E-state index in [1.54, 1.807) is 6.07 Å². The van der Waals surface area contributed by atoms with Crippen molar-refractivity contribution in [3.05, 3.63) is 34.9 Å². The molecule has 0 heterocycles. The Morgan fingerprint density at radius 3 is 2.60 bits per heavy atom. The molecule has 0 spiro atoms. The zero-order chi connectivity index (χ0) is 7.72. The van der Waals surface area contributed by atoms with Gasteiger partial charge in [-0.15, -0.1) is 0 Å². The fourth-order valence-electron chi connectivity index (χ4n) is 0.638. The number of anilines is 1. The van der Waals surface area contributed by atoms with Gasteiger partial charge >= 0.3 is 0 Å². The van der Waals surface area contributed by atoms with Gasteiger partial charge in [-0.05, 0) is 24.6 Å². The molecular formula is C7H6BrFN. The lowest BCUT2D eigenvalue weighted by molar-refractivity contribution is 0.631. The van der Waals surface area contributed by atoms with Crippen LogP contribution in [0.4, 0.5) is 10.1 Å². The molecule has 1 radical (unpaired) electrons. The van der Waals surface area contributed by atoms with Gasteiger partial charge in [-0.3, -0.25) is 0 Å². The molecule has 1 aromatic carbocycles. The summed E-state index contributed by atoms with van der Waals surface area (Å²) in [6.07, 6.45) is 0. The average molecular weight is 203 g/mol. The van der Waals surface area contributed by atoms with Crippen molar-refractivity contribution in [3.8, 4) is 0 Å². The van der Waals surface area contributed by atoms with E-state index in [0.29, 0.717) is 10.0 Å². The van der Waals surface area contributed by atoms with Crippen LogP contribution in [-0.4, -0.2) is 0 Å². The van der Waals surface area contributed by atoms with E-state index in [0.717, 1.165) is 0 Å². The van der Waals surface area contributed by atoms with Gasteiger partial charge in [-0.1, -0.05) is 15.9 Å². The molecule has 0 aliphatic carbocycles. The van der Waals surface area contributed by atoms with Gasteiger partial charge in [0.2, 0.25) is 0 Å². The minimum absolute atomic E-state index is 0.114. The SMILES string of the molecule is [CH2]c1cc(Br)cc(F)c1N. The second-order valence-electron chi connectivity index (χ2n) is 1.96. The molecule has 0 bridgehead atoms. The van der Waals surface area contributed by atoms with Crippen LogP contribution in [0.3, 0.4) is 0 Å². The number of rotatable bonds is 0. The van der Waals surface area contributed by atoms with Gasteiger partial charge in [0.1, 0.15) is 5.82 Å². The van der Waals surface area contributed by atoms with Crippen LogP contribution in [-0.2, 0) is 0 Å². The monoisotopic (exact) mass is 202 g/mol. The quantitative estimate of drug-likeness (QED) is 0.643. The molecule has 0 aliphatic heterocycles. The summed E-state index contributed by atoms with van der Waals surface area (Å²) in [7, 11) is 0. The molecule has 0 aromatic heterocycles. The van der Waals surface area contributed by atoms with Crippen molar-refractivity contribution in [3.63, 3.8) is 0 Å². The zero-order valence-corrected chi connectivity index (χ0v) is 6.78. The van der Waals surface area contributed by atoms with E-state index in [-0.39, 0.29) is 5.69 Å². The molecule has 0 unspecified atom stereocenters. The maximum atomic E-state index is 12.6. The first-order valence-corrected chi connectivity index (χ1v) is 3.47. The van der Waals surface area contributed by atoms with Crippen molar-refractivity contribution < 1.29 is 4.39 Å². The van der Waals surface area contributed by atoms with Crippen LogP contribution in [0, 0.1) is 12.7 Å². The van der Waals surface area contributed by atoms with E-state index < -0.39 is 5.82 Å². The summed E-state index contributed by atoms with van der Waals surface area (Å²) >= 11 is 3.11. The highest BCUT2D eigenvalue weighted by Crippen LogP contribution is 2.20. The van der Waals surface area contributed by atoms with E-state index >= 15 is 0 Å². The van der Waals surface area contributed by atoms with Crippen molar-refractivity contribution in [2.45, 2.75) is 0 Å². The summed E-state index contributed by atoms with van der Waals surface area (Å²) < 4.78 is 13.3. The molecule has 1 nitrogen and oxygen atoms in total. The fourth-order valence-corrected chi connectivity index (χ4v) is 1.12. The normalized spacial score (nSPS) is 9.90. The van der Waals surface area contributed by atoms with Gasteiger partial charge in [0.15, 0.2) is 0 Å². The third-order valence-corrected chi connectivity index (χ3v) is 1.64. The number of hydrogen-bond acceptors (Lipinski definition) is 1. The van der Waals surface area contributed by atoms with Crippen LogP contribution in [0.25, 0.3) is 0 Å². The summed E-state index contributed by atoms with van der Waals surface area (Å²) in [5, 5.41) is 0. The maximum Gasteiger partial charge on any atom is 0.147 e. The molecule has 0 amide bonds. The van der Waals surface area contributed by atoms with Crippen LogP contribution >= 0.6 is 15.9 Å². The van der Waals surface area contributed by atoms with E-state index in [1.165, 1.54) is 6.07 Å². The summed E-state index contributed by atoms with van der Waals surface area (Å²) in [6.45, 7) is 3.55. The first kappa shape index (κ1) is 7.54. The van der Waals surface area contributed by atoms with Crippen LogP contribution in [0.15, 0.2) is 16.6 Å². The smallest absolute Gasteiger partial charge is 0.147 e. The van der Waals surface area contributed by atoms with Crippen LogP contribution in [0.2, 0.25) is 0 Å². The van der Waals surface area contributed by atoms with Gasteiger partial charge in [-0.2, -0.15) is 0 Å². The van der Waals surface area contributed by atoms with E-state index in [1.807, 2.05) is 0 Å². The average Bonchev–Trinajstić information content (AvgIpc) is 1.82. The Morgan fingerprint density at radius 2 is 2.10 bits per heavy atom. The third-order valence-electron chi connectivity index (χ3n) is 1.18. The number of hydrogen-bond donors (Lipinski definition) is 1. The lowest BCUT2D eigenvalue weighted by Crippen LogP contribution is -1.93. The highest BCUT2D eigenvalue weighted by atomic mass is 79.9. The first-order valence-electron chi connectivity index (χ1n) is 2.67. The molecule has 0 atom stereocenters. The summed E-state index contributed by atoms with van der Waals surface area (Å²) in [5.74, 6) is -0.431. The Balaban J connectivity index is 3.31. The third kappa shape index (κ3) is 1.29. The number of nitrogens with two attached hydrogens (primary N) is 1. The van der Waals surface area contributed by atoms with Gasteiger partial charge in [-0.25, -0.2) is 4.39 Å². The second kappa shape index (κ2) is 2.58. The summed E-state index contributed by atoms with van der Waals surface area (Å²) in [4.78, 5) is 0. The zero-order valence-electron chi connectivity index (χ0n) is 5.20. The molecule has 1 aromatic rings. The predicted octanol–water partition coefficient (Wildman–Crippen LogP) is 2.35. The fraction of sp³-hybridized carbons (Fsp3) is 0. The Bertz CT molecular complexity index is 237. The van der Waals surface area contributed by atoms with Crippen molar-refractivity contribution >= 4 is 21.6 Å². The lowest BCUT2D eigenvalue weighted by Gasteiger charge is -2.00. The Kier molecular flexibility index (Phi) is 1.94. The van der Waals surface area contributed by atoms with Crippen molar-refractivity contribution in [2.75, 3.05) is 5.73 Å². The van der Waals surface area contributed by atoms with Crippen LogP contribution < -0.4 is 5.73 Å². The molecule has 0 saturated heterocycles. The number of benzene rings is 1. The number of nitrogen functional groups attached to an aromatic ring is 1.